The maximum atomic E-state index is 12.8. The number of piperidine rings is 1. The molecule has 1 saturated heterocycles. The fourth-order valence-electron chi connectivity index (χ4n) is 3.59. The lowest BCUT2D eigenvalue weighted by Crippen LogP contribution is -2.41. The maximum absolute atomic E-state index is 12.8. The fourth-order valence-corrected chi connectivity index (χ4v) is 5.26. The Labute approximate surface area is 179 Å². The van der Waals surface area contributed by atoms with E-state index in [0.29, 0.717) is 31.6 Å². The molecule has 0 aliphatic carbocycles. The molecule has 30 heavy (non-hydrogen) atoms. The van der Waals surface area contributed by atoms with Crippen molar-refractivity contribution in [3.63, 3.8) is 0 Å². The van der Waals surface area contributed by atoms with E-state index < -0.39 is 10.0 Å². The highest BCUT2D eigenvalue weighted by Crippen LogP contribution is 2.24. The van der Waals surface area contributed by atoms with Crippen LogP contribution in [0.25, 0.3) is 0 Å². The number of hydrogen-bond donors (Lipinski definition) is 1. The number of amides is 1. The van der Waals surface area contributed by atoms with Gasteiger partial charge in [-0.05, 0) is 69.0 Å². The summed E-state index contributed by atoms with van der Waals surface area (Å²) >= 11 is 0. The van der Waals surface area contributed by atoms with Crippen LogP contribution in [0.4, 0.5) is 5.69 Å². The first-order chi connectivity index (χ1) is 14.2. The predicted octanol–water partition coefficient (Wildman–Crippen LogP) is 3.96. The molecule has 162 valence electrons. The lowest BCUT2D eigenvalue weighted by atomic mass is 9.97. The van der Waals surface area contributed by atoms with Gasteiger partial charge in [-0.15, -0.1) is 0 Å². The standard InChI is InChI=1S/C23H30N2O4S/c1-17(2)29-22-10-8-21(9-11-22)24-23(26)19-12-14-25(15-13-19)30(27,28)16-20-7-5-4-6-18(20)3/h4-11,17,19H,12-16H2,1-3H3,(H,24,26). The second kappa shape index (κ2) is 9.62. The van der Waals surface area contributed by atoms with Crippen molar-refractivity contribution < 1.29 is 17.9 Å². The van der Waals surface area contributed by atoms with Crippen LogP contribution < -0.4 is 10.1 Å². The van der Waals surface area contributed by atoms with Crippen LogP contribution in [-0.2, 0) is 20.6 Å². The molecule has 2 aromatic rings. The van der Waals surface area contributed by atoms with E-state index in [9.17, 15) is 13.2 Å². The second-order valence-corrected chi connectivity index (χ2v) is 10.0. The first kappa shape index (κ1) is 22.3. The van der Waals surface area contributed by atoms with Crippen LogP contribution in [0.3, 0.4) is 0 Å². The van der Waals surface area contributed by atoms with Gasteiger partial charge < -0.3 is 10.1 Å². The molecule has 0 radical (unpaired) electrons. The largest absolute Gasteiger partial charge is 0.491 e. The molecular weight excluding hydrogens is 400 g/mol. The molecule has 7 heteroatoms. The van der Waals surface area contributed by atoms with Gasteiger partial charge in [0.15, 0.2) is 0 Å². The van der Waals surface area contributed by atoms with Crippen LogP contribution in [0.15, 0.2) is 48.5 Å². The van der Waals surface area contributed by atoms with Gasteiger partial charge in [0.1, 0.15) is 5.75 Å². The van der Waals surface area contributed by atoms with Crippen molar-refractivity contribution in [2.24, 2.45) is 5.92 Å². The Morgan fingerprint density at radius 2 is 1.73 bits per heavy atom. The summed E-state index contributed by atoms with van der Waals surface area (Å²) < 4.78 is 32.7. The Morgan fingerprint density at radius 3 is 2.33 bits per heavy atom. The first-order valence-electron chi connectivity index (χ1n) is 10.3. The van der Waals surface area contributed by atoms with E-state index in [1.165, 1.54) is 4.31 Å². The normalized spacial score (nSPS) is 15.9. The zero-order chi connectivity index (χ0) is 21.7. The SMILES string of the molecule is Cc1ccccc1CS(=O)(=O)N1CCC(C(=O)Nc2ccc(OC(C)C)cc2)CC1. The van der Waals surface area contributed by atoms with Gasteiger partial charge in [-0.25, -0.2) is 12.7 Å². The van der Waals surface area contributed by atoms with E-state index in [-0.39, 0.29) is 23.7 Å². The van der Waals surface area contributed by atoms with E-state index in [1.54, 1.807) is 0 Å². The van der Waals surface area contributed by atoms with Gasteiger partial charge in [0.25, 0.3) is 0 Å². The molecule has 1 amide bonds. The monoisotopic (exact) mass is 430 g/mol. The molecule has 0 saturated carbocycles. The Kier molecular flexibility index (Phi) is 7.15. The van der Waals surface area contributed by atoms with E-state index in [1.807, 2.05) is 69.3 Å². The molecule has 6 nitrogen and oxygen atoms in total. The van der Waals surface area contributed by atoms with Crippen LogP contribution in [0.5, 0.6) is 5.75 Å². The van der Waals surface area contributed by atoms with E-state index >= 15 is 0 Å². The predicted molar refractivity (Wildman–Crippen MR) is 119 cm³/mol. The molecule has 1 heterocycles. The van der Waals surface area contributed by atoms with Crippen molar-refractivity contribution >= 4 is 21.6 Å². The van der Waals surface area contributed by atoms with Crippen LogP contribution in [0.1, 0.15) is 37.8 Å². The van der Waals surface area contributed by atoms with E-state index in [0.717, 1.165) is 16.9 Å². The second-order valence-electron chi connectivity index (χ2n) is 8.04. The number of carbonyl (C=O) groups excluding carboxylic acids is 1. The number of carbonyl (C=O) groups is 1. The minimum atomic E-state index is -3.39. The smallest absolute Gasteiger partial charge is 0.227 e. The average Bonchev–Trinajstić information content (AvgIpc) is 2.71. The summed E-state index contributed by atoms with van der Waals surface area (Å²) in [6.07, 6.45) is 1.14. The summed E-state index contributed by atoms with van der Waals surface area (Å²) in [5.74, 6) is 0.501. The quantitative estimate of drug-likeness (QED) is 0.721. The Balaban J connectivity index is 1.53. The topological polar surface area (TPSA) is 75.7 Å². The third-order valence-corrected chi connectivity index (χ3v) is 7.14. The van der Waals surface area contributed by atoms with Gasteiger partial charge in [-0.3, -0.25) is 4.79 Å². The van der Waals surface area contributed by atoms with Crippen LogP contribution in [0.2, 0.25) is 0 Å². The molecule has 1 fully saturated rings. The number of benzene rings is 2. The van der Waals surface area contributed by atoms with Crippen molar-refractivity contribution in [3.8, 4) is 5.75 Å². The molecule has 3 rings (SSSR count). The van der Waals surface area contributed by atoms with Crippen LogP contribution >= 0.6 is 0 Å². The molecule has 2 aromatic carbocycles. The van der Waals surface area contributed by atoms with Crippen LogP contribution in [-0.4, -0.2) is 37.8 Å². The van der Waals surface area contributed by atoms with Crippen molar-refractivity contribution in [1.82, 2.24) is 4.31 Å². The Bertz CT molecular complexity index is 963. The number of rotatable bonds is 7. The summed E-state index contributed by atoms with van der Waals surface area (Å²) in [6, 6.07) is 14.8. The molecule has 1 N–H and O–H groups in total. The third-order valence-electron chi connectivity index (χ3n) is 5.31. The average molecular weight is 431 g/mol. The summed E-state index contributed by atoms with van der Waals surface area (Å²) in [5, 5.41) is 2.93. The summed E-state index contributed by atoms with van der Waals surface area (Å²) in [6.45, 7) is 6.58. The van der Waals surface area contributed by atoms with Gasteiger partial charge in [0, 0.05) is 24.7 Å². The van der Waals surface area contributed by atoms with E-state index in [4.69, 9.17) is 4.74 Å². The van der Waals surface area contributed by atoms with Gasteiger partial charge in [-0.2, -0.15) is 0 Å². The number of nitrogens with one attached hydrogen (secondary N) is 1. The minimum Gasteiger partial charge on any atom is -0.491 e. The molecule has 0 unspecified atom stereocenters. The van der Waals surface area contributed by atoms with Gasteiger partial charge in [0.05, 0.1) is 11.9 Å². The summed E-state index contributed by atoms with van der Waals surface area (Å²) in [4.78, 5) is 12.6. The summed E-state index contributed by atoms with van der Waals surface area (Å²) in [5.41, 5.74) is 2.51. The van der Waals surface area contributed by atoms with Gasteiger partial charge in [-0.1, -0.05) is 24.3 Å². The lowest BCUT2D eigenvalue weighted by molar-refractivity contribution is -0.120. The highest BCUT2D eigenvalue weighted by Gasteiger charge is 2.31. The fraction of sp³-hybridized carbons (Fsp3) is 0.435. The van der Waals surface area contributed by atoms with Gasteiger partial charge >= 0.3 is 0 Å². The number of ether oxygens (including phenoxy) is 1. The number of nitrogens with zero attached hydrogens (tertiary/aromatic N) is 1. The molecule has 0 spiro atoms. The number of anilines is 1. The number of sulfonamides is 1. The van der Waals surface area contributed by atoms with Crippen molar-refractivity contribution in [2.75, 3.05) is 18.4 Å². The first-order valence-corrected chi connectivity index (χ1v) is 12.0. The summed E-state index contributed by atoms with van der Waals surface area (Å²) in [7, 11) is -3.39. The van der Waals surface area contributed by atoms with E-state index in [2.05, 4.69) is 5.32 Å². The highest BCUT2D eigenvalue weighted by molar-refractivity contribution is 7.88. The van der Waals surface area contributed by atoms with Gasteiger partial charge in [0.2, 0.25) is 15.9 Å². The highest BCUT2D eigenvalue weighted by atomic mass is 32.2. The molecule has 1 aliphatic rings. The lowest BCUT2D eigenvalue weighted by Gasteiger charge is -2.30. The molecule has 0 bridgehead atoms. The third kappa shape index (κ3) is 5.83. The zero-order valence-electron chi connectivity index (χ0n) is 17.8. The Hall–Kier alpha value is -2.38. The molecule has 1 aliphatic heterocycles. The maximum Gasteiger partial charge on any atom is 0.227 e. The van der Waals surface area contributed by atoms with Crippen molar-refractivity contribution in [1.29, 1.82) is 0 Å². The number of hydrogen-bond acceptors (Lipinski definition) is 4. The minimum absolute atomic E-state index is 0.00132. The van der Waals surface area contributed by atoms with Crippen molar-refractivity contribution in [2.45, 2.75) is 45.5 Å². The molecule has 0 aromatic heterocycles. The molecular formula is C23H30N2O4S. The Morgan fingerprint density at radius 1 is 1.10 bits per heavy atom. The molecule has 0 atom stereocenters. The van der Waals surface area contributed by atoms with Crippen LogP contribution in [0, 0.1) is 12.8 Å². The number of aryl methyl sites for hydroxylation is 1. The van der Waals surface area contributed by atoms with Crippen molar-refractivity contribution in [3.05, 3.63) is 59.7 Å². The zero-order valence-corrected chi connectivity index (χ0v) is 18.6.